The maximum absolute atomic E-state index is 13.1. The SMILES string of the molecule is COCc1cc(C(C)C)nc2c(C(=O)N[C@H]3CCCC(C(C)CCO)C3)ccn12. The van der Waals surface area contributed by atoms with Crippen molar-refractivity contribution >= 4 is 11.6 Å². The number of carbonyl (C=O) groups is 1. The third-order valence-corrected chi connectivity index (χ3v) is 6.29. The predicted molar refractivity (Wildman–Crippen MR) is 114 cm³/mol. The van der Waals surface area contributed by atoms with E-state index in [9.17, 15) is 9.90 Å². The number of nitrogens with one attached hydrogen (secondary N) is 1. The van der Waals surface area contributed by atoms with Crippen LogP contribution < -0.4 is 5.32 Å². The Labute approximate surface area is 173 Å². The zero-order valence-corrected chi connectivity index (χ0v) is 18.1. The van der Waals surface area contributed by atoms with Crippen molar-refractivity contribution in [3.8, 4) is 0 Å². The lowest BCUT2D eigenvalue weighted by Gasteiger charge is -2.33. The Balaban J connectivity index is 1.80. The zero-order valence-electron chi connectivity index (χ0n) is 18.1. The summed E-state index contributed by atoms with van der Waals surface area (Å²) in [5, 5.41) is 12.5. The molecule has 6 heteroatoms. The van der Waals surface area contributed by atoms with Crippen LogP contribution in [-0.4, -0.2) is 40.2 Å². The van der Waals surface area contributed by atoms with E-state index in [2.05, 4.69) is 32.2 Å². The summed E-state index contributed by atoms with van der Waals surface area (Å²) in [5.41, 5.74) is 3.28. The molecule has 1 aliphatic rings. The summed E-state index contributed by atoms with van der Waals surface area (Å²) in [4.78, 5) is 17.9. The second-order valence-electron chi connectivity index (χ2n) is 8.77. The summed E-state index contributed by atoms with van der Waals surface area (Å²) in [6.07, 6.45) is 7.04. The molecule has 3 rings (SSSR count). The van der Waals surface area contributed by atoms with Crippen molar-refractivity contribution in [2.45, 2.75) is 71.4 Å². The van der Waals surface area contributed by atoms with Gasteiger partial charge in [0.2, 0.25) is 0 Å². The highest BCUT2D eigenvalue weighted by Gasteiger charge is 2.28. The average molecular weight is 402 g/mol. The third kappa shape index (κ3) is 4.98. The van der Waals surface area contributed by atoms with E-state index in [1.165, 1.54) is 6.42 Å². The highest BCUT2D eigenvalue weighted by atomic mass is 16.5. The molecule has 1 aliphatic carbocycles. The van der Waals surface area contributed by atoms with Crippen LogP contribution in [0.5, 0.6) is 0 Å². The molecule has 0 aromatic carbocycles. The van der Waals surface area contributed by atoms with Gasteiger partial charge in [0, 0.05) is 31.6 Å². The summed E-state index contributed by atoms with van der Waals surface area (Å²) >= 11 is 0. The van der Waals surface area contributed by atoms with Gasteiger partial charge in [-0.1, -0.05) is 33.6 Å². The lowest BCUT2D eigenvalue weighted by molar-refractivity contribution is 0.0908. The van der Waals surface area contributed by atoms with Gasteiger partial charge in [-0.2, -0.15) is 0 Å². The second kappa shape index (κ2) is 9.72. The number of hydrogen-bond acceptors (Lipinski definition) is 4. The maximum Gasteiger partial charge on any atom is 0.255 e. The molecule has 0 bridgehead atoms. The van der Waals surface area contributed by atoms with E-state index in [-0.39, 0.29) is 24.5 Å². The fraction of sp³-hybridized carbons (Fsp3) is 0.652. The molecule has 0 aliphatic heterocycles. The van der Waals surface area contributed by atoms with Crippen LogP contribution in [0.15, 0.2) is 18.3 Å². The van der Waals surface area contributed by atoms with Crippen LogP contribution in [0.2, 0.25) is 0 Å². The van der Waals surface area contributed by atoms with Gasteiger partial charge in [0.15, 0.2) is 0 Å². The molecule has 2 aromatic heterocycles. The van der Waals surface area contributed by atoms with E-state index < -0.39 is 0 Å². The quantitative estimate of drug-likeness (QED) is 0.703. The van der Waals surface area contributed by atoms with Crippen molar-refractivity contribution in [1.29, 1.82) is 0 Å². The molecule has 1 fully saturated rings. The Morgan fingerprint density at radius 1 is 1.38 bits per heavy atom. The maximum atomic E-state index is 13.1. The fourth-order valence-electron chi connectivity index (χ4n) is 4.47. The predicted octanol–water partition coefficient (Wildman–Crippen LogP) is 3.91. The van der Waals surface area contributed by atoms with Crippen molar-refractivity contribution in [3.63, 3.8) is 0 Å². The highest BCUT2D eigenvalue weighted by molar-refractivity contribution is 6.00. The molecule has 0 radical (unpaired) electrons. The van der Waals surface area contributed by atoms with Gasteiger partial charge < -0.3 is 19.6 Å². The van der Waals surface area contributed by atoms with E-state index in [1.807, 2.05) is 16.7 Å². The number of nitrogens with zero attached hydrogens (tertiary/aromatic N) is 2. The van der Waals surface area contributed by atoms with E-state index in [1.54, 1.807) is 7.11 Å². The molecule has 0 saturated heterocycles. The highest BCUT2D eigenvalue weighted by Crippen LogP contribution is 2.32. The molecule has 160 valence electrons. The molecule has 2 N–H and O–H groups in total. The molecule has 1 amide bonds. The van der Waals surface area contributed by atoms with Crippen molar-refractivity contribution in [2.24, 2.45) is 11.8 Å². The van der Waals surface area contributed by atoms with Gasteiger partial charge in [-0.05, 0) is 49.1 Å². The molecular weight excluding hydrogens is 366 g/mol. The number of aromatic nitrogens is 2. The topological polar surface area (TPSA) is 75.9 Å². The Morgan fingerprint density at radius 3 is 2.86 bits per heavy atom. The minimum Gasteiger partial charge on any atom is -0.396 e. The van der Waals surface area contributed by atoms with Crippen molar-refractivity contribution < 1.29 is 14.6 Å². The van der Waals surface area contributed by atoms with Gasteiger partial charge in [0.1, 0.15) is 5.65 Å². The number of rotatable bonds is 8. The Bertz CT molecular complexity index is 830. The number of hydrogen-bond donors (Lipinski definition) is 2. The largest absolute Gasteiger partial charge is 0.396 e. The number of carbonyl (C=O) groups excluding carboxylic acids is 1. The van der Waals surface area contributed by atoms with Crippen LogP contribution in [0.4, 0.5) is 0 Å². The van der Waals surface area contributed by atoms with Crippen molar-refractivity contribution in [1.82, 2.24) is 14.7 Å². The van der Waals surface area contributed by atoms with Crippen LogP contribution in [0.25, 0.3) is 5.65 Å². The van der Waals surface area contributed by atoms with Gasteiger partial charge in [0.25, 0.3) is 5.91 Å². The number of ether oxygens (including phenoxy) is 1. The van der Waals surface area contributed by atoms with Crippen LogP contribution in [0, 0.1) is 11.8 Å². The second-order valence-corrected chi connectivity index (χ2v) is 8.77. The molecular formula is C23H35N3O3. The number of aliphatic hydroxyl groups is 1. The molecule has 1 saturated carbocycles. The normalized spacial score (nSPS) is 20.9. The summed E-state index contributed by atoms with van der Waals surface area (Å²) in [6.45, 7) is 7.13. The smallest absolute Gasteiger partial charge is 0.255 e. The number of fused-ring (bicyclic) bond motifs is 1. The minimum atomic E-state index is -0.0512. The monoisotopic (exact) mass is 401 g/mol. The average Bonchev–Trinajstić information content (AvgIpc) is 3.13. The zero-order chi connectivity index (χ0) is 21.0. The Kier molecular flexibility index (Phi) is 7.30. The lowest BCUT2D eigenvalue weighted by Crippen LogP contribution is -2.39. The minimum absolute atomic E-state index is 0.0512. The number of amides is 1. The van der Waals surface area contributed by atoms with E-state index >= 15 is 0 Å². The van der Waals surface area contributed by atoms with E-state index in [0.29, 0.717) is 29.7 Å². The van der Waals surface area contributed by atoms with Gasteiger partial charge in [-0.3, -0.25) is 4.79 Å². The molecule has 2 unspecified atom stereocenters. The van der Waals surface area contributed by atoms with Crippen molar-refractivity contribution in [3.05, 3.63) is 35.3 Å². The summed E-state index contributed by atoms with van der Waals surface area (Å²) < 4.78 is 7.30. The fourth-order valence-corrected chi connectivity index (χ4v) is 4.47. The molecule has 2 aromatic rings. The first-order chi connectivity index (χ1) is 13.9. The molecule has 3 atom stereocenters. The first-order valence-electron chi connectivity index (χ1n) is 10.9. The summed E-state index contributed by atoms with van der Waals surface area (Å²) in [7, 11) is 1.68. The number of methoxy groups -OCH3 is 1. The first-order valence-corrected chi connectivity index (χ1v) is 10.9. The van der Waals surface area contributed by atoms with Crippen molar-refractivity contribution in [2.75, 3.05) is 13.7 Å². The van der Waals surface area contributed by atoms with Crippen LogP contribution in [0.3, 0.4) is 0 Å². The molecule has 29 heavy (non-hydrogen) atoms. The Morgan fingerprint density at radius 2 is 2.17 bits per heavy atom. The van der Waals surface area contributed by atoms with Crippen LogP contribution in [0.1, 0.15) is 80.5 Å². The summed E-state index contributed by atoms with van der Waals surface area (Å²) in [5.74, 6) is 1.27. The van der Waals surface area contributed by atoms with Gasteiger partial charge in [-0.15, -0.1) is 0 Å². The Hall–Kier alpha value is -1.92. The standard InChI is InChI=1S/C23H35N3O3/c1-15(2)21-13-19(14-29-4)26-10-8-20(22(26)25-21)23(28)24-18-7-5-6-17(12-18)16(3)9-11-27/h8,10,13,15-18,27H,5-7,9,11-12,14H2,1-4H3,(H,24,28)/t16?,17?,18-/m0/s1. The van der Waals surface area contributed by atoms with E-state index in [0.717, 1.165) is 37.1 Å². The summed E-state index contributed by atoms with van der Waals surface area (Å²) in [6, 6.07) is 4.09. The van der Waals surface area contributed by atoms with E-state index in [4.69, 9.17) is 9.72 Å². The van der Waals surface area contributed by atoms with Crippen LogP contribution >= 0.6 is 0 Å². The molecule has 0 spiro atoms. The molecule has 2 heterocycles. The molecule has 6 nitrogen and oxygen atoms in total. The van der Waals surface area contributed by atoms with Gasteiger partial charge in [0.05, 0.1) is 17.9 Å². The van der Waals surface area contributed by atoms with Gasteiger partial charge in [-0.25, -0.2) is 4.98 Å². The third-order valence-electron chi connectivity index (χ3n) is 6.29. The lowest BCUT2D eigenvalue weighted by atomic mass is 9.77. The first kappa shape index (κ1) is 21.8. The van der Waals surface area contributed by atoms with Gasteiger partial charge >= 0.3 is 0 Å². The van der Waals surface area contributed by atoms with Crippen LogP contribution in [-0.2, 0) is 11.3 Å². The number of aliphatic hydroxyl groups excluding tert-OH is 1.